The summed E-state index contributed by atoms with van der Waals surface area (Å²) < 4.78 is 0. The number of hydrogen-bond acceptors (Lipinski definition) is 3. The van der Waals surface area contributed by atoms with E-state index >= 15 is 0 Å². The Bertz CT molecular complexity index is 327. The molecule has 2 heterocycles. The van der Waals surface area contributed by atoms with Gasteiger partial charge in [-0.15, -0.1) is 22.7 Å². The van der Waals surface area contributed by atoms with Crippen LogP contribution in [-0.4, -0.2) is 6.29 Å². The Morgan fingerprint density at radius 1 is 1.08 bits per heavy atom. The van der Waals surface area contributed by atoms with E-state index in [2.05, 4.69) is 0 Å². The number of aldehydes is 1. The Kier molecular flexibility index (Phi) is 2.57. The number of carbonyl (C=O) groups excluding carboxylic acids is 1. The third-order valence-electron chi connectivity index (χ3n) is 1.69. The molecule has 65 valence electrons. The van der Waals surface area contributed by atoms with Crippen LogP contribution in [0, 0.1) is 5.92 Å². The Morgan fingerprint density at radius 2 is 1.62 bits per heavy atom. The molecule has 0 fully saturated rings. The molecule has 0 aliphatic rings. The smallest absolute Gasteiger partial charge is 0.138 e. The standard InChI is InChI=1S/C10H7OS2/c11-7-8(9-3-1-5-12-9)10-4-2-6-13-10/h1-7H. The first kappa shape index (κ1) is 8.66. The van der Waals surface area contributed by atoms with E-state index in [9.17, 15) is 4.79 Å². The minimum absolute atomic E-state index is 0.796. The van der Waals surface area contributed by atoms with Gasteiger partial charge in [-0.1, -0.05) is 12.1 Å². The summed E-state index contributed by atoms with van der Waals surface area (Å²) in [5.74, 6) is 0.796. The zero-order valence-corrected chi connectivity index (χ0v) is 8.40. The van der Waals surface area contributed by atoms with Crippen LogP contribution < -0.4 is 0 Å². The van der Waals surface area contributed by atoms with Crippen LogP contribution in [0.3, 0.4) is 0 Å². The van der Waals surface area contributed by atoms with E-state index in [4.69, 9.17) is 0 Å². The highest BCUT2D eigenvalue weighted by molar-refractivity contribution is 7.12. The van der Waals surface area contributed by atoms with E-state index in [0.717, 1.165) is 22.0 Å². The lowest BCUT2D eigenvalue weighted by Crippen LogP contribution is -1.97. The molecular formula is C10H7OS2. The van der Waals surface area contributed by atoms with Crippen LogP contribution >= 0.6 is 22.7 Å². The van der Waals surface area contributed by atoms with E-state index in [0.29, 0.717) is 0 Å². The van der Waals surface area contributed by atoms with E-state index in [-0.39, 0.29) is 0 Å². The van der Waals surface area contributed by atoms with Crippen LogP contribution in [0.2, 0.25) is 0 Å². The first-order valence-electron chi connectivity index (χ1n) is 3.81. The fourth-order valence-electron chi connectivity index (χ4n) is 1.10. The molecule has 13 heavy (non-hydrogen) atoms. The number of thiophene rings is 2. The van der Waals surface area contributed by atoms with Crippen molar-refractivity contribution >= 4 is 29.0 Å². The van der Waals surface area contributed by atoms with Crippen LogP contribution in [0.1, 0.15) is 9.75 Å². The Labute approximate surface area is 84.7 Å². The molecule has 0 unspecified atom stereocenters. The average Bonchev–Trinajstić information content (AvgIpc) is 2.76. The maximum atomic E-state index is 10.9. The van der Waals surface area contributed by atoms with Crippen molar-refractivity contribution in [2.45, 2.75) is 0 Å². The van der Waals surface area contributed by atoms with Crippen molar-refractivity contribution in [2.75, 3.05) is 0 Å². The summed E-state index contributed by atoms with van der Waals surface area (Å²) in [5.41, 5.74) is 0. The topological polar surface area (TPSA) is 17.1 Å². The van der Waals surface area contributed by atoms with Gasteiger partial charge in [-0.25, -0.2) is 0 Å². The van der Waals surface area contributed by atoms with Gasteiger partial charge in [0.2, 0.25) is 0 Å². The summed E-state index contributed by atoms with van der Waals surface area (Å²) in [4.78, 5) is 13.0. The molecule has 2 aromatic rings. The van der Waals surface area contributed by atoms with Gasteiger partial charge in [-0.3, -0.25) is 0 Å². The highest BCUT2D eigenvalue weighted by atomic mass is 32.1. The van der Waals surface area contributed by atoms with Gasteiger partial charge in [0.05, 0.1) is 0 Å². The molecule has 0 aliphatic heterocycles. The second-order valence-electron chi connectivity index (χ2n) is 2.49. The maximum Gasteiger partial charge on any atom is 0.138 e. The van der Waals surface area contributed by atoms with Crippen molar-refractivity contribution in [1.29, 1.82) is 0 Å². The molecule has 0 bridgehead atoms. The molecule has 0 saturated heterocycles. The predicted octanol–water partition coefficient (Wildman–Crippen LogP) is 2.98. The summed E-state index contributed by atoms with van der Waals surface area (Å²) in [6.07, 6.45) is 0.928. The molecule has 3 heteroatoms. The Balaban J connectivity index is 2.35. The minimum atomic E-state index is 0.796. The van der Waals surface area contributed by atoms with Crippen LogP contribution in [0.5, 0.6) is 0 Å². The molecule has 0 amide bonds. The molecule has 0 spiro atoms. The summed E-state index contributed by atoms with van der Waals surface area (Å²) in [6, 6.07) is 7.84. The molecule has 1 nitrogen and oxygen atoms in total. The molecule has 0 aromatic carbocycles. The average molecular weight is 207 g/mol. The minimum Gasteiger partial charge on any atom is -0.302 e. The number of rotatable bonds is 3. The fraction of sp³-hybridized carbons (Fsp3) is 0. The third-order valence-corrected chi connectivity index (χ3v) is 3.50. The molecule has 2 aromatic heterocycles. The van der Waals surface area contributed by atoms with Crippen LogP contribution in [-0.2, 0) is 4.79 Å². The first-order valence-corrected chi connectivity index (χ1v) is 5.57. The monoisotopic (exact) mass is 207 g/mol. The largest absolute Gasteiger partial charge is 0.302 e. The van der Waals surface area contributed by atoms with Gasteiger partial charge in [-0.2, -0.15) is 0 Å². The Morgan fingerprint density at radius 3 is 1.92 bits per heavy atom. The van der Waals surface area contributed by atoms with Crippen molar-refractivity contribution in [3.8, 4) is 0 Å². The normalized spacial score (nSPS) is 10.5. The fourth-order valence-corrected chi connectivity index (χ4v) is 2.66. The highest BCUT2D eigenvalue weighted by Crippen LogP contribution is 2.28. The van der Waals surface area contributed by atoms with Gasteiger partial charge >= 0.3 is 0 Å². The van der Waals surface area contributed by atoms with Gasteiger partial charge in [-0.05, 0) is 22.9 Å². The summed E-state index contributed by atoms with van der Waals surface area (Å²) >= 11 is 3.18. The number of carbonyl (C=O) groups is 1. The maximum absolute atomic E-state index is 10.9. The van der Waals surface area contributed by atoms with Gasteiger partial charge in [0, 0.05) is 9.75 Å². The molecule has 2 rings (SSSR count). The van der Waals surface area contributed by atoms with Crippen LogP contribution in [0.25, 0.3) is 0 Å². The van der Waals surface area contributed by atoms with E-state index in [1.165, 1.54) is 0 Å². The van der Waals surface area contributed by atoms with Crippen molar-refractivity contribution in [1.82, 2.24) is 0 Å². The lowest BCUT2D eigenvalue weighted by molar-refractivity contribution is -0.105. The van der Waals surface area contributed by atoms with E-state index in [1.54, 1.807) is 22.7 Å². The molecular weight excluding hydrogens is 200 g/mol. The summed E-state index contributed by atoms with van der Waals surface area (Å²) in [7, 11) is 0. The lowest BCUT2D eigenvalue weighted by atomic mass is 10.1. The Hall–Kier alpha value is -0.930. The van der Waals surface area contributed by atoms with Crippen molar-refractivity contribution < 1.29 is 4.79 Å². The van der Waals surface area contributed by atoms with Crippen LogP contribution in [0.4, 0.5) is 0 Å². The SMILES string of the molecule is O=C[C](c1cccs1)c1cccs1. The first-order chi connectivity index (χ1) is 6.42. The molecule has 0 N–H and O–H groups in total. The van der Waals surface area contributed by atoms with Gasteiger partial charge in [0.15, 0.2) is 0 Å². The van der Waals surface area contributed by atoms with Gasteiger partial charge < -0.3 is 4.79 Å². The van der Waals surface area contributed by atoms with Gasteiger partial charge in [0.1, 0.15) is 12.2 Å². The van der Waals surface area contributed by atoms with Gasteiger partial charge in [0.25, 0.3) is 0 Å². The van der Waals surface area contributed by atoms with E-state index < -0.39 is 0 Å². The second kappa shape index (κ2) is 3.85. The lowest BCUT2D eigenvalue weighted by Gasteiger charge is -2.02. The summed E-state index contributed by atoms with van der Waals surface area (Å²) in [6.45, 7) is 0. The quantitative estimate of drug-likeness (QED) is 0.707. The van der Waals surface area contributed by atoms with Crippen LogP contribution in [0.15, 0.2) is 35.0 Å². The van der Waals surface area contributed by atoms with E-state index in [1.807, 2.05) is 35.0 Å². The second-order valence-corrected chi connectivity index (χ2v) is 4.38. The zero-order chi connectivity index (χ0) is 9.10. The highest BCUT2D eigenvalue weighted by Gasteiger charge is 2.15. The van der Waals surface area contributed by atoms with Crippen molar-refractivity contribution in [3.63, 3.8) is 0 Å². The molecule has 0 saturated carbocycles. The predicted molar refractivity (Wildman–Crippen MR) is 56.1 cm³/mol. The van der Waals surface area contributed by atoms with Crippen molar-refractivity contribution in [3.05, 3.63) is 50.7 Å². The summed E-state index contributed by atoms with van der Waals surface area (Å²) in [5, 5.41) is 3.96. The molecule has 0 aliphatic carbocycles. The number of hydrogen-bond donors (Lipinski definition) is 0. The molecule has 1 radical (unpaired) electrons. The van der Waals surface area contributed by atoms with Crippen molar-refractivity contribution in [2.24, 2.45) is 0 Å². The molecule has 0 atom stereocenters. The zero-order valence-electron chi connectivity index (χ0n) is 6.77. The third kappa shape index (κ3) is 1.71.